The number of ether oxygens (including phenoxy) is 1. The molecule has 0 spiro atoms. The Labute approximate surface area is 128 Å². The molecule has 1 heterocycles. The smallest absolute Gasteiger partial charge is 0.243 e. The Hall–Kier alpha value is -0.610. The molecule has 4 heteroatoms. The zero-order chi connectivity index (χ0) is 15.3. The lowest BCUT2D eigenvalue weighted by molar-refractivity contribution is -0.229. The predicted octanol–water partition coefficient (Wildman–Crippen LogP) is 2.17. The molecule has 2 N–H and O–H groups in total. The number of likely N-dealkylation sites (N-methyl/N-ethyl adjacent to an activating group) is 1. The highest BCUT2D eigenvalue weighted by Crippen LogP contribution is 2.57. The minimum Gasteiger partial charge on any atom is -0.377 e. The second-order valence-electron chi connectivity index (χ2n) is 7.97. The van der Waals surface area contributed by atoms with E-state index < -0.39 is 5.54 Å². The van der Waals surface area contributed by atoms with Crippen molar-refractivity contribution < 1.29 is 9.53 Å². The van der Waals surface area contributed by atoms with Gasteiger partial charge in [-0.3, -0.25) is 4.79 Å². The van der Waals surface area contributed by atoms with Gasteiger partial charge >= 0.3 is 0 Å². The SMILES string of the molecule is CN(CC1CCCC1)C(=O)C1(N)C2CCCOC2C1(C)C. The molecule has 2 saturated carbocycles. The summed E-state index contributed by atoms with van der Waals surface area (Å²) in [6.07, 6.45) is 7.33. The molecule has 0 aromatic rings. The number of nitrogens with two attached hydrogens (primary N) is 1. The fraction of sp³-hybridized carbons (Fsp3) is 0.941. The molecule has 3 atom stereocenters. The summed E-state index contributed by atoms with van der Waals surface area (Å²) in [4.78, 5) is 15.0. The Bertz CT molecular complexity index is 417. The van der Waals surface area contributed by atoms with Crippen LogP contribution in [0.25, 0.3) is 0 Å². The summed E-state index contributed by atoms with van der Waals surface area (Å²) in [6.45, 7) is 5.88. The van der Waals surface area contributed by atoms with Crippen LogP contribution in [0.1, 0.15) is 52.4 Å². The van der Waals surface area contributed by atoms with Crippen LogP contribution in [0.15, 0.2) is 0 Å². The van der Waals surface area contributed by atoms with Gasteiger partial charge in [0, 0.05) is 31.5 Å². The van der Waals surface area contributed by atoms with E-state index in [4.69, 9.17) is 10.5 Å². The largest absolute Gasteiger partial charge is 0.377 e. The van der Waals surface area contributed by atoms with Gasteiger partial charge in [-0.15, -0.1) is 0 Å². The average molecular weight is 294 g/mol. The fourth-order valence-corrected chi connectivity index (χ4v) is 4.99. The molecule has 0 bridgehead atoms. The number of hydrogen-bond donors (Lipinski definition) is 1. The summed E-state index contributed by atoms with van der Waals surface area (Å²) >= 11 is 0. The summed E-state index contributed by atoms with van der Waals surface area (Å²) in [5.74, 6) is 0.995. The molecule has 1 saturated heterocycles. The van der Waals surface area contributed by atoms with Crippen LogP contribution in [-0.4, -0.2) is 42.6 Å². The van der Waals surface area contributed by atoms with Crippen molar-refractivity contribution >= 4 is 5.91 Å². The van der Waals surface area contributed by atoms with Crippen LogP contribution in [0.3, 0.4) is 0 Å². The summed E-state index contributed by atoms with van der Waals surface area (Å²) < 4.78 is 5.90. The summed E-state index contributed by atoms with van der Waals surface area (Å²) in [7, 11) is 1.93. The summed E-state index contributed by atoms with van der Waals surface area (Å²) in [5, 5.41) is 0. The van der Waals surface area contributed by atoms with Gasteiger partial charge in [-0.05, 0) is 31.6 Å². The molecular formula is C17H30N2O2. The molecule has 2 aliphatic carbocycles. The van der Waals surface area contributed by atoms with Crippen LogP contribution in [-0.2, 0) is 9.53 Å². The molecule has 4 nitrogen and oxygen atoms in total. The molecule has 0 radical (unpaired) electrons. The lowest BCUT2D eigenvalue weighted by Crippen LogP contribution is -2.82. The first-order chi connectivity index (χ1) is 9.89. The van der Waals surface area contributed by atoms with E-state index in [1.807, 2.05) is 11.9 Å². The summed E-state index contributed by atoms with van der Waals surface area (Å²) in [6, 6.07) is 0. The van der Waals surface area contributed by atoms with Crippen molar-refractivity contribution in [2.45, 2.75) is 64.0 Å². The van der Waals surface area contributed by atoms with E-state index in [9.17, 15) is 4.79 Å². The Balaban J connectivity index is 1.72. The van der Waals surface area contributed by atoms with E-state index in [0.29, 0.717) is 5.92 Å². The maximum atomic E-state index is 13.1. The van der Waals surface area contributed by atoms with Gasteiger partial charge in [-0.1, -0.05) is 26.7 Å². The lowest BCUT2D eigenvalue weighted by atomic mass is 9.46. The monoisotopic (exact) mass is 294 g/mol. The van der Waals surface area contributed by atoms with Crippen molar-refractivity contribution in [2.24, 2.45) is 23.0 Å². The number of hydrogen-bond acceptors (Lipinski definition) is 3. The van der Waals surface area contributed by atoms with Crippen molar-refractivity contribution in [1.82, 2.24) is 4.90 Å². The van der Waals surface area contributed by atoms with E-state index in [1.165, 1.54) is 25.7 Å². The molecule has 1 amide bonds. The molecular weight excluding hydrogens is 264 g/mol. The quantitative estimate of drug-likeness (QED) is 0.868. The first-order valence-electron chi connectivity index (χ1n) is 8.55. The lowest BCUT2D eigenvalue weighted by Gasteiger charge is -2.65. The third-order valence-electron chi connectivity index (χ3n) is 6.39. The highest BCUT2D eigenvalue weighted by Gasteiger charge is 2.70. The molecule has 0 aromatic heterocycles. The van der Waals surface area contributed by atoms with E-state index in [-0.39, 0.29) is 23.3 Å². The number of carbonyl (C=O) groups excluding carboxylic acids is 1. The van der Waals surface area contributed by atoms with Crippen LogP contribution >= 0.6 is 0 Å². The van der Waals surface area contributed by atoms with Gasteiger partial charge in [0.05, 0.1) is 6.10 Å². The van der Waals surface area contributed by atoms with E-state index in [1.54, 1.807) is 0 Å². The number of fused-ring (bicyclic) bond motifs is 1. The second kappa shape index (κ2) is 5.24. The van der Waals surface area contributed by atoms with Crippen LogP contribution in [0.5, 0.6) is 0 Å². The van der Waals surface area contributed by atoms with E-state index in [2.05, 4.69) is 13.8 Å². The zero-order valence-corrected chi connectivity index (χ0v) is 13.7. The van der Waals surface area contributed by atoms with Crippen molar-refractivity contribution in [3.8, 4) is 0 Å². The topological polar surface area (TPSA) is 55.6 Å². The number of nitrogens with zero attached hydrogens (tertiary/aromatic N) is 1. The summed E-state index contributed by atoms with van der Waals surface area (Å²) in [5.41, 5.74) is 5.67. The molecule has 120 valence electrons. The normalized spacial score (nSPS) is 38.7. The molecule has 0 aromatic carbocycles. The first kappa shape index (κ1) is 15.3. The minimum atomic E-state index is -0.745. The van der Waals surface area contributed by atoms with Gasteiger partial charge in [0.15, 0.2) is 0 Å². The third-order valence-corrected chi connectivity index (χ3v) is 6.39. The minimum absolute atomic E-state index is 0.131. The molecule has 21 heavy (non-hydrogen) atoms. The number of carbonyl (C=O) groups is 1. The van der Waals surface area contributed by atoms with Gasteiger partial charge < -0.3 is 15.4 Å². The highest BCUT2D eigenvalue weighted by molar-refractivity contribution is 5.89. The first-order valence-corrected chi connectivity index (χ1v) is 8.55. The van der Waals surface area contributed by atoms with Crippen molar-refractivity contribution in [3.05, 3.63) is 0 Å². The van der Waals surface area contributed by atoms with Crippen LogP contribution < -0.4 is 5.73 Å². The fourth-order valence-electron chi connectivity index (χ4n) is 4.99. The Morgan fingerprint density at radius 3 is 2.57 bits per heavy atom. The van der Waals surface area contributed by atoms with Crippen molar-refractivity contribution in [2.75, 3.05) is 20.2 Å². The van der Waals surface area contributed by atoms with Gasteiger partial charge in [0.1, 0.15) is 5.54 Å². The zero-order valence-electron chi connectivity index (χ0n) is 13.7. The van der Waals surface area contributed by atoms with E-state index in [0.717, 1.165) is 26.0 Å². The Morgan fingerprint density at radius 1 is 1.24 bits per heavy atom. The van der Waals surface area contributed by atoms with Crippen molar-refractivity contribution in [1.29, 1.82) is 0 Å². The van der Waals surface area contributed by atoms with Crippen LogP contribution in [0.4, 0.5) is 0 Å². The molecule has 3 aliphatic rings. The van der Waals surface area contributed by atoms with E-state index >= 15 is 0 Å². The maximum absolute atomic E-state index is 13.1. The van der Waals surface area contributed by atoms with Gasteiger partial charge in [-0.25, -0.2) is 0 Å². The Morgan fingerprint density at radius 2 is 1.90 bits per heavy atom. The highest BCUT2D eigenvalue weighted by atomic mass is 16.5. The van der Waals surface area contributed by atoms with Crippen molar-refractivity contribution in [3.63, 3.8) is 0 Å². The van der Waals surface area contributed by atoms with Gasteiger partial charge in [0.2, 0.25) is 5.91 Å². The number of amides is 1. The maximum Gasteiger partial charge on any atom is 0.243 e. The standard InChI is InChI=1S/C17H30N2O2/c1-16(2)14-13(9-6-10-21-14)17(16,18)15(20)19(3)11-12-7-4-5-8-12/h12-14H,4-11,18H2,1-3H3. The molecule has 3 unspecified atom stereocenters. The number of rotatable bonds is 3. The predicted molar refractivity (Wildman–Crippen MR) is 82.8 cm³/mol. The molecule has 1 aliphatic heterocycles. The third kappa shape index (κ3) is 2.14. The second-order valence-corrected chi connectivity index (χ2v) is 7.97. The van der Waals surface area contributed by atoms with Gasteiger partial charge in [-0.2, -0.15) is 0 Å². The van der Waals surface area contributed by atoms with Crippen LogP contribution in [0, 0.1) is 17.3 Å². The molecule has 3 rings (SSSR count). The Kier molecular flexibility index (Phi) is 3.81. The molecule has 3 fully saturated rings. The van der Waals surface area contributed by atoms with Gasteiger partial charge in [0.25, 0.3) is 0 Å². The average Bonchev–Trinajstić information content (AvgIpc) is 2.98. The van der Waals surface area contributed by atoms with Crippen LogP contribution in [0.2, 0.25) is 0 Å².